The summed E-state index contributed by atoms with van der Waals surface area (Å²) in [6.07, 6.45) is 2.42. The van der Waals surface area contributed by atoms with E-state index < -0.39 is 0 Å². The Hall–Kier alpha value is -2.04. The topological polar surface area (TPSA) is 58.6 Å². The van der Waals surface area contributed by atoms with Crippen LogP contribution >= 0.6 is 0 Å². The molecule has 0 aromatic heterocycles. The highest BCUT2D eigenvalue weighted by molar-refractivity contribution is 5.81. The molecule has 1 aliphatic rings. The van der Waals surface area contributed by atoms with Gasteiger partial charge in [-0.1, -0.05) is 32.9 Å². The van der Waals surface area contributed by atoms with Crippen molar-refractivity contribution < 1.29 is 14.3 Å². The van der Waals surface area contributed by atoms with Crippen LogP contribution in [0.5, 0.6) is 5.75 Å². The average Bonchev–Trinajstić information content (AvgIpc) is 2.59. The molecule has 1 N–H and O–H groups in total. The van der Waals surface area contributed by atoms with E-state index in [-0.39, 0.29) is 17.2 Å². The molecule has 1 aromatic rings. The van der Waals surface area contributed by atoms with Crippen LogP contribution in [-0.4, -0.2) is 43.5 Å². The Kier molecular flexibility index (Phi) is 6.45. The molecule has 5 nitrogen and oxygen atoms in total. The minimum Gasteiger partial charge on any atom is -0.497 e. The van der Waals surface area contributed by atoms with Gasteiger partial charge in [0.15, 0.2) is 0 Å². The van der Waals surface area contributed by atoms with Gasteiger partial charge < -0.3 is 15.0 Å². The zero-order valence-electron chi connectivity index (χ0n) is 15.8. The van der Waals surface area contributed by atoms with Gasteiger partial charge in [0.05, 0.1) is 13.5 Å². The lowest BCUT2D eigenvalue weighted by Crippen LogP contribution is -2.45. The largest absolute Gasteiger partial charge is 0.497 e. The summed E-state index contributed by atoms with van der Waals surface area (Å²) in [7, 11) is 1.63. The number of carbonyl (C=O) groups excluding carboxylic acids is 2. The third-order valence-electron chi connectivity index (χ3n) is 4.59. The number of likely N-dealkylation sites (tertiary alicyclic amines) is 1. The van der Waals surface area contributed by atoms with Gasteiger partial charge in [0.2, 0.25) is 11.8 Å². The number of nitrogens with zero attached hydrogens (tertiary/aromatic N) is 1. The van der Waals surface area contributed by atoms with Crippen LogP contribution in [0.3, 0.4) is 0 Å². The van der Waals surface area contributed by atoms with E-state index in [0.717, 1.165) is 30.7 Å². The van der Waals surface area contributed by atoms with Gasteiger partial charge in [0.25, 0.3) is 0 Å². The van der Waals surface area contributed by atoms with Crippen LogP contribution in [0.25, 0.3) is 0 Å². The molecule has 1 aromatic carbocycles. The average molecular weight is 346 g/mol. The third-order valence-corrected chi connectivity index (χ3v) is 4.59. The Balaban J connectivity index is 1.87. The Morgan fingerprint density at radius 1 is 1.32 bits per heavy atom. The molecule has 5 heteroatoms. The highest BCUT2D eigenvalue weighted by Crippen LogP contribution is 2.19. The second kappa shape index (κ2) is 8.37. The van der Waals surface area contributed by atoms with Crippen molar-refractivity contribution in [1.29, 1.82) is 0 Å². The van der Waals surface area contributed by atoms with E-state index in [1.54, 1.807) is 7.11 Å². The van der Waals surface area contributed by atoms with Crippen LogP contribution in [0.15, 0.2) is 24.3 Å². The molecule has 25 heavy (non-hydrogen) atoms. The summed E-state index contributed by atoms with van der Waals surface area (Å²) in [6, 6.07) is 7.64. The van der Waals surface area contributed by atoms with Crippen molar-refractivity contribution in [3.63, 3.8) is 0 Å². The minimum absolute atomic E-state index is 0.0623. The van der Waals surface area contributed by atoms with Crippen LogP contribution in [0.2, 0.25) is 0 Å². The molecule has 1 aliphatic heterocycles. The number of nitrogens with one attached hydrogen (secondary N) is 1. The number of amides is 2. The van der Waals surface area contributed by atoms with Crippen LogP contribution in [0.4, 0.5) is 0 Å². The lowest BCUT2D eigenvalue weighted by atomic mass is 9.94. The van der Waals surface area contributed by atoms with Gasteiger partial charge in [-0.05, 0) is 36.5 Å². The summed E-state index contributed by atoms with van der Waals surface area (Å²) in [5.41, 5.74) is 0.587. The molecule has 1 atom stereocenters. The number of hydrogen-bond acceptors (Lipinski definition) is 3. The Morgan fingerprint density at radius 3 is 2.76 bits per heavy atom. The number of carbonyl (C=O) groups is 2. The molecule has 0 aliphatic carbocycles. The molecule has 0 bridgehead atoms. The molecule has 0 unspecified atom stereocenters. The van der Waals surface area contributed by atoms with Crippen LogP contribution in [-0.2, 0) is 16.0 Å². The van der Waals surface area contributed by atoms with Gasteiger partial charge in [-0.15, -0.1) is 0 Å². The highest BCUT2D eigenvalue weighted by Gasteiger charge is 2.26. The zero-order valence-corrected chi connectivity index (χ0v) is 15.8. The number of hydrogen-bond donors (Lipinski definition) is 1. The van der Waals surface area contributed by atoms with Crippen LogP contribution < -0.4 is 10.1 Å². The molecular weight excluding hydrogens is 316 g/mol. The first kappa shape index (κ1) is 19.3. The van der Waals surface area contributed by atoms with E-state index in [2.05, 4.69) is 5.32 Å². The smallest absolute Gasteiger partial charge is 0.227 e. The van der Waals surface area contributed by atoms with E-state index >= 15 is 0 Å². The first-order valence-electron chi connectivity index (χ1n) is 8.98. The molecule has 138 valence electrons. The van der Waals surface area contributed by atoms with Crippen molar-refractivity contribution in [2.45, 2.75) is 40.0 Å². The fourth-order valence-electron chi connectivity index (χ4n) is 3.03. The van der Waals surface area contributed by atoms with Gasteiger partial charge in [-0.25, -0.2) is 0 Å². The van der Waals surface area contributed by atoms with Crippen molar-refractivity contribution in [2.75, 3.05) is 26.7 Å². The normalized spacial score (nSPS) is 17.9. The summed E-state index contributed by atoms with van der Waals surface area (Å²) in [4.78, 5) is 26.6. The van der Waals surface area contributed by atoms with Gasteiger partial charge in [-0.3, -0.25) is 9.59 Å². The van der Waals surface area contributed by atoms with Crippen LogP contribution in [0.1, 0.15) is 39.2 Å². The number of rotatable bonds is 5. The van der Waals surface area contributed by atoms with E-state index in [4.69, 9.17) is 4.74 Å². The summed E-state index contributed by atoms with van der Waals surface area (Å²) >= 11 is 0. The molecule has 2 rings (SSSR count). The summed E-state index contributed by atoms with van der Waals surface area (Å²) in [6.45, 7) is 7.88. The second-order valence-corrected chi connectivity index (χ2v) is 7.84. The zero-order chi connectivity index (χ0) is 18.4. The molecule has 0 radical (unpaired) electrons. The maximum Gasteiger partial charge on any atom is 0.227 e. The number of benzene rings is 1. The molecule has 1 fully saturated rings. The summed E-state index contributed by atoms with van der Waals surface area (Å²) < 4.78 is 5.22. The van der Waals surface area contributed by atoms with Gasteiger partial charge in [-0.2, -0.15) is 0 Å². The first-order chi connectivity index (χ1) is 11.8. The van der Waals surface area contributed by atoms with Gasteiger partial charge >= 0.3 is 0 Å². The Bertz CT molecular complexity index is 607. The fraction of sp³-hybridized carbons (Fsp3) is 0.600. The lowest BCUT2D eigenvalue weighted by molar-refractivity contribution is -0.132. The molecule has 2 amide bonds. The summed E-state index contributed by atoms with van der Waals surface area (Å²) in [5.74, 6) is 1.30. The van der Waals surface area contributed by atoms with Crippen molar-refractivity contribution in [1.82, 2.24) is 10.2 Å². The van der Waals surface area contributed by atoms with E-state index in [1.807, 2.05) is 49.9 Å². The number of methoxy groups -OCH3 is 1. The lowest BCUT2D eigenvalue weighted by Gasteiger charge is -2.33. The Morgan fingerprint density at radius 2 is 2.08 bits per heavy atom. The third kappa shape index (κ3) is 5.76. The highest BCUT2D eigenvalue weighted by atomic mass is 16.5. The number of piperidine rings is 1. The first-order valence-corrected chi connectivity index (χ1v) is 8.98. The van der Waals surface area contributed by atoms with Gasteiger partial charge in [0.1, 0.15) is 5.75 Å². The van der Waals surface area contributed by atoms with E-state index in [0.29, 0.717) is 25.4 Å². The minimum atomic E-state index is -0.378. The van der Waals surface area contributed by atoms with E-state index in [9.17, 15) is 9.59 Å². The monoisotopic (exact) mass is 346 g/mol. The SMILES string of the molecule is COc1cccc(CC(=O)N2CCC[C@H](CNC(=O)C(C)(C)C)C2)c1. The Labute approximate surface area is 150 Å². The fourth-order valence-corrected chi connectivity index (χ4v) is 3.03. The molecule has 0 saturated carbocycles. The van der Waals surface area contributed by atoms with E-state index in [1.165, 1.54) is 0 Å². The summed E-state index contributed by atoms with van der Waals surface area (Å²) in [5, 5.41) is 3.02. The molecular formula is C20H30N2O3. The van der Waals surface area contributed by atoms with Crippen molar-refractivity contribution in [3.8, 4) is 5.75 Å². The predicted octanol–water partition coefficient (Wildman–Crippen LogP) is 2.64. The second-order valence-electron chi connectivity index (χ2n) is 7.84. The standard InChI is InChI=1S/C20H30N2O3/c1-20(2,3)19(24)21-13-16-8-6-10-22(14-16)18(23)12-15-7-5-9-17(11-15)25-4/h5,7,9,11,16H,6,8,10,12-14H2,1-4H3,(H,21,24)/t16-/m1/s1. The maximum atomic E-state index is 12.6. The van der Waals surface area contributed by atoms with Crippen molar-refractivity contribution in [2.24, 2.45) is 11.3 Å². The predicted molar refractivity (Wildman–Crippen MR) is 98.5 cm³/mol. The van der Waals surface area contributed by atoms with Crippen molar-refractivity contribution >= 4 is 11.8 Å². The number of ether oxygens (including phenoxy) is 1. The maximum absolute atomic E-state index is 12.6. The molecule has 1 saturated heterocycles. The van der Waals surface area contributed by atoms with Gasteiger partial charge in [0, 0.05) is 25.0 Å². The van der Waals surface area contributed by atoms with Crippen LogP contribution in [0, 0.1) is 11.3 Å². The van der Waals surface area contributed by atoms with Crippen molar-refractivity contribution in [3.05, 3.63) is 29.8 Å². The quantitative estimate of drug-likeness (QED) is 0.892. The molecule has 1 heterocycles. The molecule has 0 spiro atoms.